The summed E-state index contributed by atoms with van der Waals surface area (Å²) in [5.41, 5.74) is 15.4. The van der Waals surface area contributed by atoms with Crippen molar-refractivity contribution in [2.75, 3.05) is 11.5 Å². The summed E-state index contributed by atoms with van der Waals surface area (Å²) in [6.45, 7) is 0. The maximum atomic E-state index is 6.22. The van der Waals surface area contributed by atoms with Gasteiger partial charge in [-0.1, -0.05) is 11.6 Å². The van der Waals surface area contributed by atoms with Crippen LogP contribution in [0.5, 0.6) is 0 Å². The van der Waals surface area contributed by atoms with E-state index in [-0.39, 0.29) is 5.82 Å². The Balaban J connectivity index is 2.30. The van der Waals surface area contributed by atoms with E-state index in [4.69, 9.17) is 23.1 Å². The Kier molecular flexibility index (Phi) is 3.41. The number of nitrogen functional groups attached to an aromatic ring is 2. The molecular formula is C15H12ClN5. The molecule has 0 radical (unpaired) electrons. The van der Waals surface area contributed by atoms with E-state index in [2.05, 4.69) is 15.0 Å². The van der Waals surface area contributed by atoms with Crippen molar-refractivity contribution >= 4 is 23.1 Å². The fourth-order valence-corrected chi connectivity index (χ4v) is 2.28. The molecule has 3 heterocycles. The lowest BCUT2D eigenvalue weighted by Gasteiger charge is -2.12. The van der Waals surface area contributed by atoms with Crippen LogP contribution < -0.4 is 11.5 Å². The van der Waals surface area contributed by atoms with E-state index < -0.39 is 0 Å². The van der Waals surface area contributed by atoms with Crippen LogP contribution in [-0.2, 0) is 0 Å². The summed E-state index contributed by atoms with van der Waals surface area (Å²) in [5, 5.41) is 0.504. The molecule has 3 rings (SSSR count). The molecular weight excluding hydrogens is 286 g/mol. The topological polar surface area (TPSA) is 90.7 Å². The van der Waals surface area contributed by atoms with Crippen molar-refractivity contribution in [3.05, 3.63) is 54.1 Å². The van der Waals surface area contributed by atoms with Crippen LogP contribution in [0.25, 0.3) is 22.4 Å². The minimum atomic E-state index is 0.274. The highest BCUT2D eigenvalue weighted by molar-refractivity contribution is 6.33. The van der Waals surface area contributed by atoms with E-state index in [1.807, 2.05) is 12.1 Å². The van der Waals surface area contributed by atoms with Gasteiger partial charge in [-0.2, -0.15) is 0 Å². The van der Waals surface area contributed by atoms with Gasteiger partial charge in [0.15, 0.2) is 0 Å². The fraction of sp³-hybridized carbons (Fsp3) is 0. The standard InChI is InChI=1S/C15H12ClN5/c16-12-8-20-6-3-10(12)14-11(7-13(17)15(18)21-14)9-1-4-19-5-2-9/h1-8H,17H2,(H2,18,21). The zero-order valence-electron chi connectivity index (χ0n) is 11.0. The quantitative estimate of drug-likeness (QED) is 0.758. The number of hydrogen-bond donors (Lipinski definition) is 2. The highest BCUT2D eigenvalue weighted by Gasteiger charge is 2.14. The zero-order chi connectivity index (χ0) is 14.8. The number of nitrogens with zero attached hydrogens (tertiary/aromatic N) is 3. The van der Waals surface area contributed by atoms with Crippen LogP contribution in [0.3, 0.4) is 0 Å². The van der Waals surface area contributed by atoms with Crippen LogP contribution in [0.15, 0.2) is 49.1 Å². The van der Waals surface area contributed by atoms with Crippen molar-refractivity contribution in [1.82, 2.24) is 15.0 Å². The summed E-state index contributed by atoms with van der Waals surface area (Å²) < 4.78 is 0. The predicted molar refractivity (Wildman–Crippen MR) is 84.5 cm³/mol. The van der Waals surface area contributed by atoms with E-state index >= 15 is 0 Å². The smallest absolute Gasteiger partial charge is 0.147 e. The molecule has 0 saturated heterocycles. The molecule has 0 aliphatic heterocycles. The Morgan fingerprint density at radius 2 is 1.62 bits per heavy atom. The molecule has 3 aromatic heterocycles. The molecule has 4 N–H and O–H groups in total. The van der Waals surface area contributed by atoms with Crippen molar-refractivity contribution in [2.24, 2.45) is 0 Å². The highest BCUT2D eigenvalue weighted by Crippen LogP contribution is 2.36. The molecule has 0 aliphatic carbocycles. The Hall–Kier alpha value is -2.66. The molecule has 3 aromatic rings. The van der Waals surface area contributed by atoms with E-state index in [0.29, 0.717) is 16.4 Å². The largest absolute Gasteiger partial charge is 0.396 e. The maximum Gasteiger partial charge on any atom is 0.147 e. The lowest BCUT2D eigenvalue weighted by atomic mass is 10.00. The Morgan fingerprint density at radius 1 is 0.905 bits per heavy atom. The van der Waals surface area contributed by atoms with Gasteiger partial charge in [-0.15, -0.1) is 0 Å². The first-order valence-corrected chi connectivity index (χ1v) is 6.61. The first-order chi connectivity index (χ1) is 10.2. The fourth-order valence-electron chi connectivity index (χ4n) is 2.07. The molecule has 0 fully saturated rings. The number of anilines is 2. The highest BCUT2D eigenvalue weighted by atomic mass is 35.5. The van der Waals surface area contributed by atoms with Crippen molar-refractivity contribution < 1.29 is 0 Å². The maximum absolute atomic E-state index is 6.22. The van der Waals surface area contributed by atoms with Gasteiger partial charge in [-0.3, -0.25) is 9.97 Å². The molecule has 0 atom stereocenters. The minimum absolute atomic E-state index is 0.274. The van der Waals surface area contributed by atoms with Crippen LogP contribution in [0, 0.1) is 0 Å². The molecule has 5 nitrogen and oxygen atoms in total. The normalized spacial score (nSPS) is 10.5. The SMILES string of the molecule is Nc1cc(-c2ccncc2)c(-c2ccncc2Cl)nc1N. The molecule has 0 spiro atoms. The summed E-state index contributed by atoms with van der Waals surface area (Å²) >= 11 is 6.22. The second-order valence-corrected chi connectivity index (χ2v) is 4.86. The summed E-state index contributed by atoms with van der Waals surface area (Å²) in [6, 6.07) is 7.35. The van der Waals surface area contributed by atoms with Gasteiger partial charge in [0, 0.05) is 35.9 Å². The predicted octanol–water partition coefficient (Wildman–Crippen LogP) is 3.02. The second-order valence-electron chi connectivity index (χ2n) is 4.45. The van der Waals surface area contributed by atoms with Gasteiger partial charge in [-0.05, 0) is 29.8 Å². The van der Waals surface area contributed by atoms with Crippen LogP contribution in [0.1, 0.15) is 0 Å². The molecule has 0 aliphatic rings. The third kappa shape index (κ3) is 2.51. The number of aromatic nitrogens is 3. The summed E-state index contributed by atoms with van der Waals surface area (Å²) in [4.78, 5) is 12.4. The van der Waals surface area contributed by atoms with Crippen molar-refractivity contribution in [3.63, 3.8) is 0 Å². The Morgan fingerprint density at radius 3 is 2.33 bits per heavy atom. The molecule has 0 amide bonds. The average molecular weight is 298 g/mol. The molecule has 0 saturated carbocycles. The van der Waals surface area contributed by atoms with Gasteiger partial charge in [0.1, 0.15) is 5.82 Å². The van der Waals surface area contributed by atoms with E-state index in [1.165, 1.54) is 0 Å². The van der Waals surface area contributed by atoms with E-state index in [0.717, 1.165) is 16.7 Å². The van der Waals surface area contributed by atoms with Crippen LogP contribution in [0.2, 0.25) is 5.02 Å². The minimum Gasteiger partial charge on any atom is -0.396 e. The van der Waals surface area contributed by atoms with Gasteiger partial charge in [-0.25, -0.2) is 4.98 Å². The first kappa shape index (κ1) is 13.3. The summed E-state index contributed by atoms with van der Waals surface area (Å²) in [5.74, 6) is 0.274. The number of halogens is 1. The van der Waals surface area contributed by atoms with Crippen LogP contribution >= 0.6 is 11.6 Å². The second kappa shape index (κ2) is 5.38. The van der Waals surface area contributed by atoms with Gasteiger partial charge < -0.3 is 11.5 Å². The number of hydrogen-bond acceptors (Lipinski definition) is 5. The van der Waals surface area contributed by atoms with Gasteiger partial charge in [0.05, 0.1) is 16.4 Å². The zero-order valence-corrected chi connectivity index (χ0v) is 11.7. The number of nitrogens with two attached hydrogens (primary N) is 2. The Labute approximate surface area is 126 Å². The van der Waals surface area contributed by atoms with E-state index in [9.17, 15) is 0 Å². The van der Waals surface area contributed by atoms with Gasteiger partial charge in [0.2, 0.25) is 0 Å². The van der Waals surface area contributed by atoms with Gasteiger partial charge in [0.25, 0.3) is 0 Å². The van der Waals surface area contributed by atoms with Crippen LogP contribution in [0.4, 0.5) is 11.5 Å². The third-order valence-corrected chi connectivity index (χ3v) is 3.40. The summed E-state index contributed by atoms with van der Waals surface area (Å²) in [7, 11) is 0. The molecule has 21 heavy (non-hydrogen) atoms. The van der Waals surface area contributed by atoms with Crippen molar-refractivity contribution in [1.29, 1.82) is 0 Å². The molecule has 0 aromatic carbocycles. The molecule has 6 heteroatoms. The summed E-state index contributed by atoms with van der Waals surface area (Å²) in [6.07, 6.45) is 6.65. The number of rotatable bonds is 2. The number of pyridine rings is 3. The molecule has 104 valence electrons. The third-order valence-electron chi connectivity index (χ3n) is 3.10. The lowest BCUT2D eigenvalue weighted by molar-refractivity contribution is 1.28. The van der Waals surface area contributed by atoms with Gasteiger partial charge >= 0.3 is 0 Å². The monoisotopic (exact) mass is 297 g/mol. The Bertz CT molecular complexity index is 789. The first-order valence-electron chi connectivity index (χ1n) is 6.23. The van der Waals surface area contributed by atoms with Crippen LogP contribution in [-0.4, -0.2) is 15.0 Å². The lowest BCUT2D eigenvalue weighted by Crippen LogP contribution is -2.01. The average Bonchev–Trinajstić information content (AvgIpc) is 2.51. The van der Waals surface area contributed by atoms with Crippen molar-refractivity contribution in [3.8, 4) is 22.4 Å². The van der Waals surface area contributed by atoms with E-state index in [1.54, 1.807) is 36.9 Å². The van der Waals surface area contributed by atoms with Crippen molar-refractivity contribution in [2.45, 2.75) is 0 Å². The molecule has 0 bridgehead atoms. The molecule has 0 unspecified atom stereocenters.